The topological polar surface area (TPSA) is 128 Å². The molecule has 1 amide bonds. The second-order valence-electron chi connectivity index (χ2n) is 4.44. The number of hydrogen-bond acceptors (Lipinski definition) is 4. The summed E-state index contributed by atoms with van der Waals surface area (Å²) in [5, 5.41) is 7.57. The summed E-state index contributed by atoms with van der Waals surface area (Å²) in [6.07, 6.45) is 0. The maximum atomic E-state index is 12.1. The van der Waals surface area contributed by atoms with Gasteiger partial charge >= 0.3 is 17.6 Å². The van der Waals surface area contributed by atoms with E-state index in [0.717, 1.165) is 4.90 Å². The van der Waals surface area contributed by atoms with Gasteiger partial charge in [-0.05, 0) is 13.8 Å². The van der Waals surface area contributed by atoms with E-state index in [-0.39, 0.29) is 0 Å². The Labute approximate surface area is 96.4 Å². The first kappa shape index (κ1) is 11.7. The molecule has 0 aromatic rings. The van der Waals surface area contributed by atoms with Gasteiger partial charge in [0.2, 0.25) is 5.37 Å². The number of hydrogen-bond donors (Lipinski definition) is 1. The van der Waals surface area contributed by atoms with Crippen LogP contribution in [0.3, 0.4) is 0 Å². The number of β-lactam (4-membered cyclic amide) rings is 1. The van der Waals surface area contributed by atoms with Crippen LogP contribution in [0.4, 0.5) is 0 Å². The van der Waals surface area contributed by atoms with Crippen LogP contribution in [0, 0.1) is 0 Å². The molecule has 2 fully saturated rings. The van der Waals surface area contributed by atoms with Gasteiger partial charge in [-0.15, -0.1) is 0 Å². The predicted molar refractivity (Wildman–Crippen MR) is 53.7 cm³/mol. The number of sulfone groups is 1. The van der Waals surface area contributed by atoms with Gasteiger partial charge in [0.25, 0.3) is 0 Å². The molecule has 2 aliphatic heterocycles. The van der Waals surface area contributed by atoms with Crippen molar-refractivity contribution in [3.05, 3.63) is 5.53 Å². The van der Waals surface area contributed by atoms with E-state index in [1.165, 1.54) is 13.8 Å². The molecule has 0 radical (unpaired) electrons. The predicted octanol–water partition coefficient (Wildman–Crippen LogP) is -1.51. The standard InChI is InChI=1S/C8H9N3O5S/c1-8(2)4(7(13)14)11-5(12)3(10-9)6(11)17(8,15)16/h4,6H,1-2H3,(H,13,14)/t4-,6+/m0/s1. The van der Waals surface area contributed by atoms with Gasteiger partial charge in [-0.2, -0.15) is 4.79 Å². The number of fused-ring (bicyclic) bond motifs is 1. The largest absolute Gasteiger partial charge is 0.480 e. The van der Waals surface area contributed by atoms with E-state index in [0.29, 0.717) is 0 Å². The van der Waals surface area contributed by atoms with Crippen LogP contribution in [0.5, 0.6) is 0 Å². The number of rotatable bonds is 1. The third kappa shape index (κ3) is 1.05. The minimum absolute atomic E-state index is 0.526. The van der Waals surface area contributed by atoms with Gasteiger partial charge in [0.05, 0.1) is 0 Å². The zero-order valence-electron chi connectivity index (χ0n) is 8.98. The van der Waals surface area contributed by atoms with Gasteiger partial charge in [-0.1, -0.05) is 0 Å². The first-order chi connectivity index (χ1) is 7.67. The van der Waals surface area contributed by atoms with Crippen molar-refractivity contribution in [1.82, 2.24) is 4.90 Å². The second kappa shape index (κ2) is 2.93. The van der Waals surface area contributed by atoms with Gasteiger partial charge in [0, 0.05) is 0 Å². The molecule has 8 nitrogen and oxygen atoms in total. The number of carbonyl (C=O) groups is 2. The van der Waals surface area contributed by atoms with Crippen LogP contribution in [-0.4, -0.2) is 57.0 Å². The molecule has 2 heterocycles. The molecular weight excluding hydrogens is 250 g/mol. The van der Waals surface area contributed by atoms with Gasteiger partial charge < -0.3 is 10.6 Å². The fraction of sp³-hybridized carbons (Fsp3) is 0.625. The number of carbonyl (C=O) groups excluding carboxylic acids is 1. The Morgan fingerprint density at radius 3 is 2.47 bits per heavy atom. The molecule has 0 aliphatic carbocycles. The molecule has 0 saturated carbocycles. The van der Waals surface area contributed by atoms with E-state index in [1.807, 2.05) is 0 Å². The minimum atomic E-state index is -3.92. The summed E-state index contributed by atoms with van der Waals surface area (Å²) < 4.78 is 22.5. The Hall–Kier alpha value is -1.73. The number of nitrogens with zero attached hydrogens (tertiary/aromatic N) is 3. The first-order valence-electron chi connectivity index (χ1n) is 4.68. The van der Waals surface area contributed by atoms with Crippen LogP contribution in [0.15, 0.2) is 0 Å². The Kier molecular flexibility index (Phi) is 2.03. The van der Waals surface area contributed by atoms with E-state index in [2.05, 4.69) is 4.79 Å². The Bertz CT molecular complexity index is 586. The van der Waals surface area contributed by atoms with Crippen molar-refractivity contribution >= 4 is 27.4 Å². The van der Waals surface area contributed by atoms with Gasteiger partial charge in [-0.3, -0.25) is 9.69 Å². The van der Waals surface area contributed by atoms with Crippen molar-refractivity contribution in [2.24, 2.45) is 0 Å². The minimum Gasteiger partial charge on any atom is -0.480 e. The summed E-state index contributed by atoms with van der Waals surface area (Å²) in [5.41, 5.74) is 8.03. The van der Waals surface area contributed by atoms with E-state index in [9.17, 15) is 18.0 Å². The molecule has 92 valence electrons. The molecule has 0 bridgehead atoms. The lowest BCUT2D eigenvalue weighted by Crippen LogP contribution is -2.64. The zero-order valence-corrected chi connectivity index (χ0v) is 9.80. The fourth-order valence-electron chi connectivity index (χ4n) is 2.25. The molecule has 17 heavy (non-hydrogen) atoms. The monoisotopic (exact) mass is 259 g/mol. The number of carboxylic acid groups (broad SMARTS) is 1. The SMILES string of the molecule is CC1(C)[C@H](C(=O)O)N2C(=O)C(=[N+]=[N-])[C@H]2S1(=O)=O. The Morgan fingerprint density at radius 1 is 1.53 bits per heavy atom. The molecular formula is C8H9N3O5S. The van der Waals surface area contributed by atoms with Gasteiger partial charge in [-0.25, -0.2) is 13.2 Å². The summed E-state index contributed by atoms with van der Waals surface area (Å²) in [6, 6.07) is -1.46. The van der Waals surface area contributed by atoms with Crippen molar-refractivity contribution in [2.75, 3.05) is 0 Å². The molecule has 9 heteroatoms. The van der Waals surface area contributed by atoms with Crippen LogP contribution in [0.25, 0.3) is 5.53 Å². The van der Waals surface area contributed by atoms with E-state index >= 15 is 0 Å². The Morgan fingerprint density at radius 2 is 2.06 bits per heavy atom. The maximum absolute atomic E-state index is 12.1. The van der Waals surface area contributed by atoms with E-state index < -0.39 is 43.6 Å². The van der Waals surface area contributed by atoms with Crippen molar-refractivity contribution in [3.8, 4) is 0 Å². The molecule has 1 N–H and O–H groups in total. The molecule has 0 unspecified atom stereocenters. The van der Waals surface area contributed by atoms with E-state index in [1.54, 1.807) is 0 Å². The van der Waals surface area contributed by atoms with Crippen LogP contribution < -0.4 is 0 Å². The third-order valence-electron chi connectivity index (χ3n) is 3.25. The normalized spacial score (nSPS) is 32.7. The number of aliphatic carboxylic acids is 1. The molecule has 2 atom stereocenters. The second-order valence-corrected chi connectivity index (χ2v) is 7.03. The highest BCUT2D eigenvalue weighted by Crippen LogP contribution is 2.44. The lowest BCUT2D eigenvalue weighted by atomic mass is 9.98. The molecule has 2 saturated heterocycles. The van der Waals surface area contributed by atoms with Gasteiger partial charge in [0.1, 0.15) is 4.75 Å². The molecule has 2 rings (SSSR count). The van der Waals surface area contributed by atoms with Crippen molar-refractivity contribution in [1.29, 1.82) is 0 Å². The molecule has 0 aromatic carbocycles. The summed E-state index contributed by atoms with van der Waals surface area (Å²) in [5.74, 6) is -2.26. The Balaban J connectivity index is 2.68. The van der Waals surface area contributed by atoms with Crippen molar-refractivity contribution in [3.63, 3.8) is 0 Å². The van der Waals surface area contributed by atoms with Crippen LogP contribution in [0.1, 0.15) is 13.8 Å². The summed E-state index contributed by atoms with van der Waals surface area (Å²) in [6.45, 7) is 2.48. The van der Waals surface area contributed by atoms with Crippen LogP contribution >= 0.6 is 0 Å². The summed E-state index contributed by atoms with van der Waals surface area (Å²) in [4.78, 5) is 25.9. The first-order valence-corrected chi connectivity index (χ1v) is 6.23. The third-order valence-corrected chi connectivity index (χ3v) is 5.97. The van der Waals surface area contributed by atoms with Crippen LogP contribution in [-0.2, 0) is 19.4 Å². The number of carboxylic acids is 1. The summed E-state index contributed by atoms with van der Waals surface area (Å²) >= 11 is 0. The van der Waals surface area contributed by atoms with Crippen LogP contribution in [0.2, 0.25) is 0 Å². The lowest BCUT2D eigenvalue weighted by Gasteiger charge is -2.30. The fourth-order valence-corrected chi connectivity index (χ4v) is 4.31. The lowest BCUT2D eigenvalue weighted by molar-refractivity contribution is -0.153. The van der Waals surface area contributed by atoms with Gasteiger partial charge in [0.15, 0.2) is 15.9 Å². The highest BCUT2D eigenvalue weighted by atomic mass is 32.2. The van der Waals surface area contributed by atoms with E-state index in [4.69, 9.17) is 10.6 Å². The molecule has 2 aliphatic rings. The smallest absolute Gasteiger partial charge is 0.393 e. The van der Waals surface area contributed by atoms with Crippen molar-refractivity contribution in [2.45, 2.75) is 30.0 Å². The average molecular weight is 259 g/mol. The maximum Gasteiger partial charge on any atom is 0.393 e. The molecule has 0 spiro atoms. The number of amides is 1. The quantitative estimate of drug-likeness (QED) is 0.347. The zero-order chi connectivity index (χ0) is 13.2. The van der Waals surface area contributed by atoms with Crippen molar-refractivity contribution < 1.29 is 27.9 Å². The average Bonchev–Trinajstić information content (AvgIpc) is 2.32. The summed E-state index contributed by atoms with van der Waals surface area (Å²) in [7, 11) is -3.92. The molecule has 0 aromatic heterocycles. The highest BCUT2D eigenvalue weighted by Gasteiger charge is 2.75. The highest BCUT2D eigenvalue weighted by molar-refractivity contribution is 7.94.